The number of carbonyl (C=O) groups is 3. The van der Waals surface area contributed by atoms with E-state index in [1.165, 1.54) is 4.90 Å². The second-order valence-corrected chi connectivity index (χ2v) is 7.70. The predicted molar refractivity (Wildman–Crippen MR) is 110 cm³/mol. The molecule has 2 aromatic carbocycles. The molecule has 0 radical (unpaired) electrons. The number of ketones is 1. The highest BCUT2D eigenvalue weighted by atomic mass is 16.5. The maximum atomic E-state index is 12.9. The van der Waals surface area contributed by atoms with Crippen LogP contribution in [0.4, 0.5) is 5.69 Å². The number of benzene rings is 2. The summed E-state index contributed by atoms with van der Waals surface area (Å²) in [5, 5.41) is 0. The summed E-state index contributed by atoms with van der Waals surface area (Å²) in [6, 6.07) is 15.8. The molecule has 5 heteroatoms. The number of Topliss-reactive ketones (excluding diaryl/α,β-unsaturated/α-hetero) is 1. The number of rotatable bonds is 5. The van der Waals surface area contributed by atoms with Gasteiger partial charge in [-0.2, -0.15) is 0 Å². The largest absolute Gasteiger partial charge is 0.482 e. The molecule has 1 fully saturated rings. The van der Waals surface area contributed by atoms with Crippen molar-refractivity contribution in [2.75, 3.05) is 4.90 Å². The van der Waals surface area contributed by atoms with Crippen molar-refractivity contribution >= 4 is 23.3 Å². The quantitative estimate of drug-likeness (QED) is 0.437. The molecule has 4 rings (SSSR count). The van der Waals surface area contributed by atoms with Gasteiger partial charge in [-0.1, -0.05) is 48.0 Å². The lowest BCUT2D eigenvalue weighted by Crippen LogP contribution is -2.31. The molecule has 1 heterocycles. The van der Waals surface area contributed by atoms with Crippen molar-refractivity contribution in [3.63, 3.8) is 0 Å². The van der Waals surface area contributed by atoms with Gasteiger partial charge >= 0.3 is 0 Å². The summed E-state index contributed by atoms with van der Waals surface area (Å²) in [6.45, 7) is 3.69. The van der Waals surface area contributed by atoms with Crippen molar-refractivity contribution in [2.45, 2.75) is 32.8 Å². The Morgan fingerprint density at radius 2 is 1.76 bits per heavy atom. The lowest BCUT2D eigenvalue weighted by Gasteiger charge is -2.19. The normalized spacial score (nSPS) is 22.1. The van der Waals surface area contributed by atoms with E-state index in [9.17, 15) is 14.4 Å². The number of anilines is 1. The van der Waals surface area contributed by atoms with E-state index < -0.39 is 6.10 Å². The van der Waals surface area contributed by atoms with E-state index in [0.717, 1.165) is 5.57 Å². The molecular formula is C24H23NO4. The molecule has 0 spiro atoms. The molecule has 2 amide bonds. The molecule has 2 aliphatic rings. The Balaban J connectivity index is 1.53. The minimum Gasteiger partial charge on any atom is -0.482 e. The van der Waals surface area contributed by atoms with Crippen molar-refractivity contribution in [1.29, 1.82) is 0 Å². The molecule has 1 aliphatic carbocycles. The zero-order chi connectivity index (χ0) is 20.5. The lowest BCUT2D eigenvalue weighted by atomic mass is 9.82. The maximum absolute atomic E-state index is 12.9. The van der Waals surface area contributed by atoms with Gasteiger partial charge in [-0.3, -0.25) is 14.4 Å². The summed E-state index contributed by atoms with van der Waals surface area (Å²) < 4.78 is 5.83. The second kappa shape index (κ2) is 7.66. The predicted octanol–water partition coefficient (Wildman–Crippen LogP) is 4.18. The van der Waals surface area contributed by atoms with Gasteiger partial charge in [0.05, 0.1) is 17.5 Å². The fourth-order valence-electron chi connectivity index (χ4n) is 4.08. The van der Waals surface area contributed by atoms with Crippen LogP contribution in [0.15, 0.2) is 66.2 Å². The first kappa shape index (κ1) is 19.1. The molecule has 3 atom stereocenters. The van der Waals surface area contributed by atoms with E-state index in [-0.39, 0.29) is 29.4 Å². The van der Waals surface area contributed by atoms with Gasteiger partial charge in [-0.25, -0.2) is 4.90 Å². The number of imide groups is 1. The topological polar surface area (TPSA) is 63.7 Å². The monoisotopic (exact) mass is 389 g/mol. The molecule has 0 bridgehead atoms. The molecule has 1 saturated heterocycles. The molecule has 2 aromatic rings. The highest BCUT2D eigenvalue weighted by Crippen LogP contribution is 2.40. The van der Waals surface area contributed by atoms with Crippen LogP contribution >= 0.6 is 0 Å². The first-order valence-electron chi connectivity index (χ1n) is 9.85. The van der Waals surface area contributed by atoms with Crippen LogP contribution in [0, 0.1) is 11.8 Å². The number of hydrogen-bond acceptors (Lipinski definition) is 4. The van der Waals surface area contributed by atoms with Crippen molar-refractivity contribution in [3.05, 3.63) is 71.8 Å². The van der Waals surface area contributed by atoms with Crippen molar-refractivity contribution in [3.8, 4) is 5.75 Å². The van der Waals surface area contributed by atoms with Crippen molar-refractivity contribution in [2.24, 2.45) is 11.8 Å². The third-order valence-electron chi connectivity index (χ3n) is 5.64. The van der Waals surface area contributed by atoms with Crippen molar-refractivity contribution < 1.29 is 19.1 Å². The summed E-state index contributed by atoms with van der Waals surface area (Å²) in [6.07, 6.45) is 2.60. The summed E-state index contributed by atoms with van der Waals surface area (Å²) in [5.41, 5.74) is 2.22. The zero-order valence-electron chi connectivity index (χ0n) is 16.5. The number of hydrogen-bond donors (Lipinski definition) is 0. The Kier molecular flexibility index (Phi) is 5.05. The van der Waals surface area contributed by atoms with Crippen LogP contribution in [0.3, 0.4) is 0 Å². The van der Waals surface area contributed by atoms with E-state index in [1.807, 2.05) is 19.1 Å². The Labute approximate surface area is 170 Å². The summed E-state index contributed by atoms with van der Waals surface area (Å²) in [7, 11) is 0. The Morgan fingerprint density at radius 1 is 1.03 bits per heavy atom. The van der Waals surface area contributed by atoms with Crippen molar-refractivity contribution in [1.82, 2.24) is 0 Å². The van der Waals surface area contributed by atoms with Gasteiger partial charge in [0.15, 0.2) is 6.10 Å². The fourth-order valence-corrected chi connectivity index (χ4v) is 4.08. The molecule has 0 aromatic heterocycles. The average Bonchev–Trinajstić information content (AvgIpc) is 2.98. The van der Waals surface area contributed by atoms with Gasteiger partial charge in [0, 0.05) is 11.6 Å². The summed E-state index contributed by atoms with van der Waals surface area (Å²) in [5.74, 6) is -0.557. The van der Waals surface area contributed by atoms with Crippen LogP contribution in [0.5, 0.6) is 5.75 Å². The Hall–Kier alpha value is -3.21. The van der Waals surface area contributed by atoms with Crippen LogP contribution in [-0.2, 0) is 9.59 Å². The fraction of sp³-hybridized carbons (Fsp3) is 0.292. The van der Waals surface area contributed by atoms with E-state index in [2.05, 4.69) is 0 Å². The van der Waals surface area contributed by atoms with Gasteiger partial charge in [-0.15, -0.1) is 0 Å². The van der Waals surface area contributed by atoms with Gasteiger partial charge in [-0.05, 0) is 38.8 Å². The van der Waals surface area contributed by atoms with Gasteiger partial charge in [0.2, 0.25) is 17.6 Å². The van der Waals surface area contributed by atoms with Crippen LogP contribution < -0.4 is 9.64 Å². The summed E-state index contributed by atoms with van der Waals surface area (Å²) in [4.78, 5) is 39.6. The van der Waals surface area contributed by atoms with Gasteiger partial charge in [0.25, 0.3) is 0 Å². The Bertz CT molecular complexity index is 995. The van der Waals surface area contributed by atoms with Gasteiger partial charge < -0.3 is 4.74 Å². The molecule has 29 heavy (non-hydrogen) atoms. The maximum Gasteiger partial charge on any atom is 0.238 e. The Morgan fingerprint density at radius 3 is 2.52 bits per heavy atom. The smallest absolute Gasteiger partial charge is 0.238 e. The van der Waals surface area contributed by atoms with Crippen LogP contribution in [0.1, 0.15) is 37.0 Å². The number of allylic oxidation sites excluding steroid dienone is 2. The molecule has 0 N–H and O–H groups in total. The minimum absolute atomic E-state index is 0.128. The number of carbonyl (C=O) groups excluding carboxylic acids is 3. The molecular weight excluding hydrogens is 366 g/mol. The highest BCUT2D eigenvalue weighted by molar-refractivity contribution is 6.22. The minimum atomic E-state index is -0.688. The molecule has 5 nitrogen and oxygen atoms in total. The van der Waals surface area contributed by atoms with Crippen LogP contribution in [0.2, 0.25) is 0 Å². The van der Waals surface area contributed by atoms with Crippen LogP contribution in [0.25, 0.3) is 0 Å². The van der Waals surface area contributed by atoms with E-state index in [1.54, 1.807) is 55.5 Å². The van der Waals surface area contributed by atoms with E-state index in [0.29, 0.717) is 29.8 Å². The van der Waals surface area contributed by atoms with E-state index in [4.69, 9.17) is 4.74 Å². The SMILES string of the molecule is CC1=CC[C@@H]2C(=O)N(c3cccc(O[C@@H](C)C(=O)c4ccccc4)c3)C(=O)[C@H]2C1. The highest BCUT2D eigenvalue weighted by Gasteiger charge is 2.48. The molecule has 0 saturated carbocycles. The number of ether oxygens (including phenoxy) is 1. The number of nitrogens with zero attached hydrogens (tertiary/aromatic N) is 1. The number of fused-ring (bicyclic) bond motifs is 1. The molecule has 148 valence electrons. The zero-order valence-corrected chi connectivity index (χ0v) is 16.5. The lowest BCUT2D eigenvalue weighted by molar-refractivity contribution is -0.122. The summed E-state index contributed by atoms with van der Waals surface area (Å²) >= 11 is 0. The first-order chi connectivity index (χ1) is 14.0. The first-order valence-corrected chi connectivity index (χ1v) is 9.85. The van der Waals surface area contributed by atoms with Crippen LogP contribution in [-0.4, -0.2) is 23.7 Å². The van der Waals surface area contributed by atoms with E-state index >= 15 is 0 Å². The third kappa shape index (κ3) is 3.60. The third-order valence-corrected chi connectivity index (χ3v) is 5.64. The standard InChI is InChI=1S/C24H23NO4/c1-15-11-12-20-21(13-15)24(28)25(23(20)27)18-9-6-10-19(14-18)29-16(2)22(26)17-7-4-3-5-8-17/h3-11,14,16,20-21H,12-13H2,1-2H3/t16-,20-,21-/m0/s1. The molecule has 0 unspecified atom stereocenters. The molecule has 1 aliphatic heterocycles. The van der Waals surface area contributed by atoms with Gasteiger partial charge in [0.1, 0.15) is 5.75 Å². The second-order valence-electron chi connectivity index (χ2n) is 7.70. The average molecular weight is 389 g/mol. The number of amides is 2.